The van der Waals surface area contributed by atoms with Crippen LogP contribution >= 0.6 is 11.8 Å². The molecule has 0 heterocycles. The highest BCUT2D eigenvalue weighted by atomic mass is 32.2. The normalized spacial score (nSPS) is 13.2. The van der Waals surface area contributed by atoms with E-state index >= 15 is 0 Å². The van der Waals surface area contributed by atoms with Crippen LogP contribution in [-0.2, 0) is 0 Å². The molecular formula is C13H20OS. The minimum atomic E-state index is -0.375. The number of hydrogen-bond donors (Lipinski definition) is 1. The Hall–Kier alpha value is -0.470. The van der Waals surface area contributed by atoms with Gasteiger partial charge in [0.15, 0.2) is 0 Å². The van der Waals surface area contributed by atoms with Crippen LogP contribution in [0.4, 0.5) is 0 Å². The second-order valence-electron chi connectivity index (χ2n) is 4.42. The number of aliphatic hydroxyl groups excluding tert-OH is 1. The number of rotatable bonds is 4. The molecule has 2 heteroatoms. The summed E-state index contributed by atoms with van der Waals surface area (Å²) in [6.45, 7) is 8.31. The molecule has 15 heavy (non-hydrogen) atoms. The number of thioether (sulfide) groups is 1. The van der Waals surface area contributed by atoms with Crippen molar-refractivity contribution in [1.82, 2.24) is 0 Å². The Labute approximate surface area is 96.9 Å². The molecule has 1 aromatic rings. The zero-order valence-electron chi connectivity index (χ0n) is 9.95. The van der Waals surface area contributed by atoms with Crippen LogP contribution in [0.1, 0.15) is 38.0 Å². The summed E-state index contributed by atoms with van der Waals surface area (Å²) in [5.74, 6) is 1.78. The van der Waals surface area contributed by atoms with E-state index < -0.39 is 0 Å². The van der Waals surface area contributed by atoms with Crippen molar-refractivity contribution in [2.24, 2.45) is 5.92 Å². The first-order valence-corrected chi connectivity index (χ1v) is 6.40. The van der Waals surface area contributed by atoms with Gasteiger partial charge in [-0.3, -0.25) is 0 Å². The van der Waals surface area contributed by atoms with Crippen LogP contribution in [0.25, 0.3) is 0 Å². The highest BCUT2D eigenvalue weighted by Gasteiger charge is 2.09. The molecule has 0 fully saturated rings. The summed E-state index contributed by atoms with van der Waals surface area (Å²) in [4.78, 5) is 1.21. The van der Waals surface area contributed by atoms with Crippen molar-refractivity contribution < 1.29 is 5.11 Å². The van der Waals surface area contributed by atoms with E-state index in [1.54, 1.807) is 0 Å². The molecule has 0 radical (unpaired) electrons. The molecule has 1 atom stereocenters. The van der Waals surface area contributed by atoms with E-state index in [1.807, 2.05) is 18.7 Å². The van der Waals surface area contributed by atoms with Crippen molar-refractivity contribution in [3.05, 3.63) is 29.3 Å². The van der Waals surface area contributed by atoms with Crippen LogP contribution in [0.15, 0.2) is 23.1 Å². The van der Waals surface area contributed by atoms with Crippen LogP contribution in [0.5, 0.6) is 0 Å². The molecule has 1 aromatic carbocycles. The third-order valence-corrected chi connectivity index (χ3v) is 3.70. The number of aryl methyl sites for hydroxylation is 1. The Balaban J connectivity index is 2.86. The summed E-state index contributed by atoms with van der Waals surface area (Å²) < 4.78 is 0. The molecular weight excluding hydrogens is 204 g/mol. The van der Waals surface area contributed by atoms with Gasteiger partial charge in [-0.05, 0) is 31.4 Å². The van der Waals surface area contributed by atoms with Crippen LogP contribution < -0.4 is 0 Å². The Morgan fingerprint density at radius 3 is 2.47 bits per heavy atom. The Bertz CT molecular complexity index is 318. The first-order chi connectivity index (χ1) is 7.00. The van der Waals surface area contributed by atoms with E-state index in [-0.39, 0.29) is 6.10 Å². The van der Waals surface area contributed by atoms with Crippen molar-refractivity contribution in [3.63, 3.8) is 0 Å². The third kappa shape index (κ3) is 3.88. The van der Waals surface area contributed by atoms with Gasteiger partial charge in [-0.25, -0.2) is 0 Å². The summed E-state index contributed by atoms with van der Waals surface area (Å²) in [6.07, 6.45) is -0.375. The number of benzene rings is 1. The van der Waals surface area contributed by atoms with E-state index in [1.165, 1.54) is 10.5 Å². The monoisotopic (exact) mass is 224 g/mol. The zero-order valence-corrected chi connectivity index (χ0v) is 10.8. The molecule has 0 aromatic heterocycles. The third-order valence-electron chi connectivity index (χ3n) is 2.19. The van der Waals surface area contributed by atoms with Gasteiger partial charge in [0.05, 0.1) is 6.10 Å². The second kappa shape index (κ2) is 5.57. The molecule has 0 aliphatic heterocycles. The molecule has 0 spiro atoms. The summed E-state index contributed by atoms with van der Waals surface area (Å²) >= 11 is 1.83. The molecule has 0 aliphatic carbocycles. The largest absolute Gasteiger partial charge is 0.389 e. The van der Waals surface area contributed by atoms with Gasteiger partial charge in [-0.15, -0.1) is 11.8 Å². The lowest BCUT2D eigenvalue weighted by Gasteiger charge is -2.13. The minimum Gasteiger partial charge on any atom is -0.389 e. The van der Waals surface area contributed by atoms with Crippen LogP contribution in [0.3, 0.4) is 0 Å². The Morgan fingerprint density at radius 1 is 1.27 bits per heavy atom. The molecule has 1 rings (SSSR count). The van der Waals surface area contributed by atoms with Gasteiger partial charge in [0.2, 0.25) is 0 Å². The number of aliphatic hydroxyl groups is 1. The topological polar surface area (TPSA) is 20.2 Å². The second-order valence-corrected chi connectivity index (χ2v) is 5.48. The highest BCUT2D eigenvalue weighted by Crippen LogP contribution is 2.29. The first-order valence-electron chi connectivity index (χ1n) is 5.42. The van der Waals surface area contributed by atoms with Gasteiger partial charge in [0.25, 0.3) is 0 Å². The van der Waals surface area contributed by atoms with Gasteiger partial charge in [0.1, 0.15) is 0 Å². The molecule has 0 bridgehead atoms. The minimum absolute atomic E-state index is 0.375. The van der Waals surface area contributed by atoms with Crippen molar-refractivity contribution in [3.8, 4) is 0 Å². The van der Waals surface area contributed by atoms with Crippen LogP contribution in [0, 0.1) is 12.8 Å². The van der Waals surface area contributed by atoms with Crippen molar-refractivity contribution >= 4 is 11.8 Å². The lowest BCUT2D eigenvalue weighted by molar-refractivity contribution is 0.196. The summed E-state index contributed by atoms with van der Waals surface area (Å²) in [6, 6.07) is 6.30. The fourth-order valence-electron chi connectivity index (χ4n) is 1.38. The summed E-state index contributed by atoms with van der Waals surface area (Å²) in [5, 5.41) is 9.68. The van der Waals surface area contributed by atoms with E-state index in [4.69, 9.17) is 0 Å². The average Bonchev–Trinajstić information content (AvgIpc) is 2.15. The first kappa shape index (κ1) is 12.6. The van der Waals surface area contributed by atoms with Gasteiger partial charge in [-0.2, -0.15) is 0 Å². The standard InChI is InChI=1S/C13H20OS/c1-9(2)8-15-13-6-5-10(3)7-12(13)11(4)14/h5-7,9,11,14H,8H2,1-4H3. The van der Waals surface area contributed by atoms with E-state index in [2.05, 4.69) is 39.0 Å². The molecule has 84 valence electrons. The smallest absolute Gasteiger partial charge is 0.0772 e. The Morgan fingerprint density at radius 2 is 1.93 bits per heavy atom. The molecule has 1 N–H and O–H groups in total. The van der Waals surface area contributed by atoms with Gasteiger partial charge < -0.3 is 5.11 Å². The molecule has 0 aliphatic rings. The quantitative estimate of drug-likeness (QED) is 0.785. The maximum atomic E-state index is 9.68. The Kier molecular flexibility index (Phi) is 4.68. The average molecular weight is 224 g/mol. The van der Waals surface area contributed by atoms with E-state index in [0.29, 0.717) is 5.92 Å². The lowest BCUT2D eigenvalue weighted by Crippen LogP contribution is -1.97. The molecule has 1 unspecified atom stereocenters. The van der Waals surface area contributed by atoms with E-state index in [0.717, 1.165) is 11.3 Å². The predicted octanol–water partition coefficient (Wildman–Crippen LogP) is 3.80. The fraction of sp³-hybridized carbons (Fsp3) is 0.538. The van der Waals surface area contributed by atoms with Gasteiger partial charge >= 0.3 is 0 Å². The summed E-state index contributed by atoms with van der Waals surface area (Å²) in [7, 11) is 0. The summed E-state index contributed by atoms with van der Waals surface area (Å²) in [5.41, 5.74) is 2.26. The van der Waals surface area contributed by atoms with Crippen molar-refractivity contribution in [1.29, 1.82) is 0 Å². The van der Waals surface area contributed by atoms with Crippen LogP contribution in [-0.4, -0.2) is 10.9 Å². The zero-order chi connectivity index (χ0) is 11.4. The van der Waals surface area contributed by atoms with Crippen molar-refractivity contribution in [2.75, 3.05) is 5.75 Å². The highest BCUT2D eigenvalue weighted by molar-refractivity contribution is 7.99. The fourth-order valence-corrected chi connectivity index (χ4v) is 2.46. The molecule has 0 saturated heterocycles. The maximum Gasteiger partial charge on any atom is 0.0772 e. The predicted molar refractivity (Wildman–Crippen MR) is 67.4 cm³/mol. The maximum absolute atomic E-state index is 9.68. The lowest BCUT2D eigenvalue weighted by atomic mass is 10.1. The van der Waals surface area contributed by atoms with Gasteiger partial charge in [0, 0.05) is 10.6 Å². The van der Waals surface area contributed by atoms with E-state index in [9.17, 15) is 5.11 Å². The number of hydrogen-bond acceptors (Lipinski definition) is 2. The SMILES string of the molecule is Cc1ccc(SCC(C)C)c(C(C)O)c1. The van der Waals surface area contributed by atoms with Crippen LogP contribution in [0.2, 0.25) is 0 Å². The molecule has 0 saturated carbocycles. The molecule has 0 amide bonds. The van der Waals surface area contributed by atoms with Crippen molar-refractivity contribution in [2.45, 2.75) is 38.7 Å². The molecule has 1 nitrogen and oxygen atoms in total. The van der Waals surface area contributed by atoms with Gasteiger partial charge in [-0.1, -0.05) is 31.5 Å².